The monoisotopic (exact) mass is 468 g/mol. The first kappa shape index (κ1) is 23.6. The number of hydrogen-bond donors (Lipinski definition) is 1. The van der Waals surface area contributed by atoms with E-state index in [4.69, 9.17) is 0 Å². The van der Waals surface area contributed by atoms with E-state index in [-0.39, 0.29) is 17.6 Å². The number of rotatable bonds is 7. The number of thiophene rings is 1. The zero-order chi connectivity index (χ0) is 23.4. The lowest BCUT2D eigenvalue weighted by atomic mass is 9.94. The second kappa shape index (κ2) is 10.6. The van der Waals surface area contributed by atoms with Crippen molar-refractivity contribution >= 4 is 28.9 Å². The molecule has 0 unspecified atom stereocenters. The maximum Gasteiger partial charge on any atom is 0.252 e. The fourth-order valence-corrected chi connectivity index (χ4v) is 5.46. The molecule has 2 aromatic rings. The topological polar surface area (TPSA) is 82.6 Å². The van der Waals surface area contributed by atoms with Crippen LogP contribution in [-0.2, 0) is 24.3 Å². The van der Waals surface area contributed by atoms with E-state index in [1.807, 2.05) is 18.0 Å². The van der Waals surface area contributed by atoms with Gasteiger partial charge in [-0.15, -0.1) is 11.3 Å². The average molecular weight is 469 g/mol. The quantitative estimate of drug-likeness (QED) is 0.630. The number of Topliss-reactive ketones (excluding diaryl/α,β-unsaturated/α-hetero) is 1. The van der Waals surface area contributed by atoms with Crippen LogP contribution >= 0.6 is 11.3 Å². The number of aryl methyl sites for hydroxylation is 1. The number of ketones is 1. The van der Waals surface area contributed by atoms with Crippen LogP contribution in [0.4, 0.5) is 0 Å². The van der Waals surface area contributed by atoms with E-state index in [0.29, 0.717) is 36.5 Å². The largest absolute Gasteiger partial charge is 0.348 e. The molecule has 4 rings (SSSR count). The zero-order valence-electron chi connectivity index (χ0n) is 19.5. The first-order valence-corrected chi connectivity index (χ1v) is 12.6. The second-order valence-corrected chi connectivity index (χ2v) is 9.89. The molecule has 0 aromatic carbocycles. The SMILES string of the molecule is CC(=O)c1cc(C(=O)NCc2c(C)ncc3c2CCN(C(=O)CCN2CCCCC2)C3)cs1. The van der Waals surface area contributed by atoms with Crippen molar-refractivity contribution in [3.8, 4) is 0 Å². The first-order chi connectivity index (χ1) is 15.9. The van der Waals surface area contributed by atoms with E-state index in [2.05, 4.69) is 15.2 Å². The predicted octanol–water partition coefficient (Wildman–Crippen LogP) is 3.34. The van der Waals surface area contributed by atoms with E-state index < -0.39 is 0 Å². The molecule has 0 aliphatic carbocycles. The molecule has 1 fully saturated rings. The van der Waals surface area contributed by atoms with E-state index in [0.717, 1.165) is 42.9 Å². The molecule has 1 N–H and O–H groups in total. The van der Waals surface area contributed by atoms with Crippen LogP contribution in [0.15, 0.2) is 17.6 Å². The number of fused-ring (bicyclic) bond motifs is 1. The molecule has 0 radical (unpaired) electrons. The van der Waals surface area contributed by atoms with Gasteiger partial charge in [-0.3, -0.25) is 19.4 Å². The van der Waals surface area contributed by atoms with E-state index in [1.165, 1.54) is 43.1 Å². The number of nitrogens with one attached hydrogen (secondary N) is 1. The molecule has 33 heavy (non-hydrogen) atoms. The number of pyridine rings is 1. The average Bonchev–Trinajstić information content (AvgIpc) is 3.33. The van der Waals surface area contributed by atoms with Gasteiger partial charge in [-0.1, -0.05) is 6.42 Å². The Kier molecular flexibility index (Phi) is 7.55. The molecule has 2 aromatic heterocycles. The first-order valence-electron chi connectivity index (χ1n) is 11.8. The van der Waals surface area contributed by atoms with Gasteiger partial charge in [-0.25, -0.2) is 0 Å². The van der Waals surface area contributed by atoms with E-state index >= 15 is 0 Å². The van der Waals surface area contributed by atoms with Gasteiger partial charge in [0.05, 0.1) is 10.4 Å². The smallest absolute Gasteiger partial charge is 0.252 e. The van der Waals surface area contributed by atoms with Crippen LogP contribution in [0.2, 0.25) is 0 Å². The second-order valence-electron chi connectivity index (χ2n) is 8.98. The summed E-state index contributed by atoms with van der Waals surface area (Å²) in [5.74, 6) is -0.0206. The number of aromatic nitrogens is 1. The Morgan fingerprint density at radius 3 is 2.67 bits per heavy atom. The summed E-state index contributed by atoms with van der Waals surface area (Å²) in [6, 6.07) is 1.64. The fraction of sp³-hybridized carbons (Fsp3) is 0.520. The third-order valence-electron chi connectivity index (χ3n) is 6.67. The van der Waals surface area contributed by atoms with Gasteiger partial charge in [0.2, 0.25) is 5.91 Å². The molecule has 0 saturated carbocycles. The summed E-state index contributed by atoms with van der Waals surface area (Å²) in [5.41, 5.74) is 4.69. The van der Waals surface area contributed by atoms with Crippen LogP contribution < -0.4 is 5.32 Å². The molecule has 0 bridgehead atoms. The van der Waals surface area contributed by atoms with Crippen LogP contribution in [0, 0.1) is 6.92 Å². The summed E-state index contributed by atoms with van der Waals surface area (Å²) < 4.78 is 0. The molecule has 7 nitrogen and oxygen atoms in total. The summed E-state index contributed by atoms with van der Waals surface area (Å²) in [7, 11) is 0. The Bertz CT molecular complexity index is 1040. The minimum atomic E-state index is -0.193. The van der Waals surface area contributed by atoms with Crippen molar-refractivity contribution in [1.82, 2.24) is 20.1 Å². The van der Waals surface area contributed by atoms with Gasteiger partial charge in [-0.2, -0.15) is 0 Å². The van der Waals surface area contributed by atoms with Gasteiger partial charge in [0.25, 0.3) is 5.91 Å². The predicted molar refractivity (Wildman–Crippen MR) is 128 cm³/mol. The zero-order valence-corrected chi connectivity index (χ0v) is 20.3. The maximum absolute atomic E-state index is 12.8. The lowest BCUT2D eigenvalue weighted by molar-refractivity contribution is -0.132. The molecule has 2 aliphatic rings. The summed E-state index contributed by atoms with van der Waals surface area (Å²) in [6.45, 7) is 8.18. The molecular formula is C25H32N4O3S. The Balaban J connectivity index is 1.37. The van der Waals surface area contributed by atoms with Gasteiger partial charge < -0.3 is 15.1 Å². The van der Waals surface area contributed by atoms with E-state index in [1.54, 1.807) is 11.4 Å². The van der Waals surface area contributed by atoms with Gasteiger partial charge >= 0.3 is 0 Å². The molecule has 8 heteroatoms. The normalized spacial score (nSPS) is 16.4. The molecule has 4 heterocycles. The van der Waals surface area contributed by atoms with Crippen LogP contribution in [0.5, 0.6) is 0 Å². The van der Waals surface area contributed by atoms with Crippen molar-refractivity contribution in [3.05, 3.63) is 50.5 Å². The van der Waals surface area contributed by atoms with Crippen LogP contribution in [-0.4, -0.2) is 58.6 Å². The highest BCUT2D eigenvalue weighted by atomic mass is 32.1. The summed E-state index contributed by atoms with van der Waals surface area (Å²) in [6.07, 6.45) is 6.99. The molecular weight excluding hydrogens is 436 g/mol. The van der Waals surface area contributed by atoms with Crippen molar-refractivity contribution in [2.75, 3.05) is 26.2 Å². The Hall–Kier alpha value is -2.58. The lowest BCUT2D eigenvalue weighted by Gasteiger charge is -2.32. The molecule has 176 valence electrons. The van der Waals surface area contributed by atoms with Crippen molar-refractivity contribution in [1.29, 1.82) is 0 Å². The molecule has 1 saturated heterocycles. The molecule has 0 atom stereocenters. The highest BCUT2D eigenvalue weighted by Crippen LogP contribution is 2.25. The maximum atomic E-state index is 12.8. The molecule has 2 amide bonds. The van der Waals surface area contributed by atoms with Crippen molar-refractivity contribution in [2.24, 2.45) is 0 Å². The van der Waals surface area contributed by atoms with Crippen LogP contribution in [0.25, 0.3) is 0 Å². The minimum Gasteiger partial charge on any atom is -0.348 e. The fourth-order valence-electron chi connectivity index (χ4n) is 4.67. The Morgan fingerprint density at radius 1 is 1.15 bits per heavy atom. The highest BCUT2D eigenvalue weighted by molar-refractivity contribution is 7.12. The van der Waals surface area contributed by atoms with Gasteiger partial charge in [0.1, 0.15) is 0 Å². The van der Waals surface area contributed by atoms with E-state index in [9.17, 15) is 14.4 Å². The number of likely N-dealkylation sites (tertiary alicyclic amines) is 1. The van der Waals surface area contributed by atoms with Gasteiger partial charge in [0, 0.05) is 49.9 Å². The summed E-state index contributed by atoms with van der Waals surface area (Å²) >= 11 is 1.29. The lowest BCUT2D eigenvalue weighted by Crippen LogP contribution is -2.39. The number of piperidine rings is 1. The van der Waals surface area contributed by atoms with Crippen molar-refractivity contribution in [3.63, 3.8) is 0 Å². The van der Waals surface area contributed by atoms with Crippen molar-refractivity contribution < 1.29 is 14.4 Å². The molecule has 2 aliphatic heterocycles. The Morgan fingerprint density at radius 2 is 1.94 bits per heavy atom. The molecule has 0 spiro atoms. The number of carbonyl (C=O) groups excluding carboxylic acids is 3. The van der Waals surface area contributed by atoms with Crippen LogP contribution in [0.3, 0.4) is 0 Å². The highest BCUT2D eigenvalue weighted by Gasteiger charge is 2.24. The van der Waals surface area contributed by atoms with Crippen molar-refractivity contribution in [2.45, 2.75) is 59.0 Å². The Labute approximate surface area is 199 Å². The summed E-state index contributed by atoms with van der Waals surface area (Å²) in [4.78, 5) is 46.4. The number of amides is 2. The number of nitrogens with zero attached hydrogens (tertiary/aromatic N) is 3. The summed E-state index contributed by atoms with van der Waals surface area (Å²) in [5, 5.41) is 4.69. The standard InChI is InChI=1S/C25H32N4O3S/c1-17-22(14-27-25(32)19-12-23(18(2)30)33-16-19)21-6-11-29(15-20(21)13-26-17)24(31)7-10-28-8-4-3-5-9-28/h12-13,16H,3-11,14-15H2,1-2H3,(H,27,32). The van der Waals surface area contributed by atoms with Gasteiger partial charge in [0.15, 0.2) is 5.78 Å². The number of carbonyl (C=O) groups is 3. The van der Waals surface area contributed by atoms with Crippen LogP contribution in [0.1, 0.15) is 75.0 Å². The van der Waals surface area contributed by atoms with Gasteiger partial charge in [-0.05, 0) is 69.0 Å². The minimum absolute atomic E-state index is 0.0359. The third-order valence-corrected chi connectivity index (χ3v) is 7.70. The number of hydrogen-bond acceptors (Lipinski definition) is 6. The third kappa shape index (κ3) is 5.68.